The first-order valence-corrected chi connectivity index (χ1v) is 7.91. The molecular weight excluding hydrogens is 372 g/mol. The van der Waals surface area contributed by atoms with Gasteiger partial charge in [0, 0.05) is 12.1 Å². The Balaban J connectivity index is 2.09. The molecule has 0 saturated heterocycles. The summed E-state index contributed by atoms with van der Waals surface area (Å²) in [5.41, 5.74) is 0.202. The summed E-state index contributed by atoms with van der Waals surface area (Å²) in [7, 11) is 4.02. The van der Waals surface area contributed by atoms with Crippen molar-refractivity contribution in [2.75, 3.05) is 33.3 Å². The van der Waals surface area contributed by atoms with E-state index >= 15 is 0 Å². The number of benzene rings is 2. The summed E-state index contributed by atoms with van der Waals surface area (Å²) >= 11 is 0. The minimum absolute atomic E-state index is 0.137. The molecule has 0 bridgehead atoms. The van der Waals surface area contributed by atoms with Gasteiger partial charge in [0.15, 0.2) is 18.1 Å². The first-order valence-electron chi connectivity index (χ1n) is 7.91. The highest BCUT2D eigenvalue weighted by Gasteiger charge is 2.16. The zero-order chi connectivity index (χ0) is 20.7. The quantitative estimate of drug-likeness (QED) is 0.414. The van der Waals surface area contributed by atoms with Crippen molar-refractivity contribution < 1.29 is 33.5 Å². The van der Waals surface area contributed by atoms with Crippen LogP contribution in [0.25, 0.3) is 0 Å². The van der Waals surface area contributed by atoms with Gasteiger partial charge in [-0.15, -0.1) is 0 Å². The van der Waals surface area contributed by atoms with E-state index in [9.17, 15) is 19.7 Å². The number of nitro groups is 1. The van der Waals surface area contributed by atoms with Gasteiger partial charge in [-0.2, -0.15) is 0 Å². The lowest BCUT2D eigenvalue weighted by atomic mass is 10.2. The molecule has 0 aliphatic rings. The molecule has 0 saturated carbocycles. The first-order chi connectivity index (χ1) is 13.4. The number of nitro benzene ring substituents is 1. The average Bonchev–Trinajstić information content (AvgIpc) is 2.71. The summed E-state index contributed by atoms with van der Waals surface area (Å²) < 4.78 is 20.3. The maximum atomic E-state index is 12.2. The van der Waals surface area contributed by atoms with E-state index < -0.39 is 23.4 Å². The predicted octanol–water partition coefficient (Wildman–Crippen LogP) is 2.42. The average molecular weight is 390 g/mol. The summed E-state index contributed by atoms with van der Waals surface area (Å²) in [6.45, 7) is -0.403. The molecule has 0 heterocycles. The molecule has 0 unspecified atom stereocenters. The van der Waals surface area contributed by atoms with E-state index in [0.717, 1.165) is 0 Å². The Labute approximate surface area is 160 Å². The Bertz CT molecular complexity index is 897. The number of methoxy groups -OCH3 is 3. The molecule has 0 aliphatic heterocycles. The maximum Gasteiger partial charge on any atom is 0.337 e. The van der Waals surface area contributed by atoms with Crippen molar-refractivity contribution in [3.63, 3.8) is 0 Å². The van der Waals surface area contributed by atoms with Gasteiger partial charge in [0.2, 0.25) is 0 Å². The third kappa shape index (κ3) is 4.87. The van der Waals surface area contributed by atoms with Crippen LogP contribution in [0.4, 0.5) is 11.4 Å². The molecule has 1 N–H and O–H groups in total. The SMILES string of the molecule is COC(=O)c1ccc(OCC(=O)Nc2cc([N+](=O)[O-])ccc2OC)c(OC)c1. The van der Waals surface area contributed by atoms with Gasteiger partial charge in [-0.1, -0.05) is 0 Å². The number of nitrogens with one attached hydrogen (secondary N) is 1. The highest BCUT2D eigenvalue weighted by atomic mass is 16.6. The Morgan fingerprint density at radius 3 is 2.29 bits per heavy atom. The van der Waals surface area contributed by atoms with Gasteiger partial charge < -0.3 is 24.3 Å². The molecule has 0 atom stereocenters. The van der Waals surface area contributed by atoms with Crippen LogP contribution < -0.4 is 19.5 Å². The number of non-ortho nitro benzene ring substituents is 1. The molecule has 0 fully saturated rings. The lowest BCUT2D eigenvalue weighted by molar-refractivity contribution is -0.384. The normalized spacial score (nSPS) is 9.96. The van der Waals surface area contributed by atoms with E-state index in [1.807, 2.05) is 0 Å². The van der Waals surface area contributed by atoms with Crippen LogP contribution in [0.15, 0.2) is 36.4 Å². The predicted molar refractivity (Wildman–Crippen MR) is 98.1 cm³/mol. The number of hydrogen-bond donors (Lipinski definition) is 1. The molecular formula is C18H18N2O8. The molecule has 0 aromatic heterocycles. The van der Waals surface area contributed by atoms with Crippen molar-refractivity contribution in [2.45, 2.75) is 0 Å². The van der Waals surface area contributed by atoms with Gasteiger partial charge in [0.1, 0.15) is 5.75 Å². The van der Waals surface area contributed by atoms with Gasteiger partial charge >= 0.3 is 5.97 Å². The number of carbonyl (C=O) groups is 2. The third-order valence-corrected chi connectivity index (χ3v) is 3.61. The fourth-order valence-corrected chi connectivity index (χ4v) is 2.27. The Hall–Kier alpha value is -3.82. The van der Waals surface area contributed by atoms with E-state index in [0.29, 0.717) is 0 Å². The van der Waals surface area contributed by atoms with E-state index in [1.54, 1.807) is 0 Å². The molecule has 0 aliphatic carbocycles. The van der Waals surface area contributed by atoms with Gasteiger partial charge in [0.05, 0.1) is 37.5 Å². The molecule has 10 heteroatoms. The van der Waals surface area contributed by atoms with Crippen LogP contribution in [-0.4, -0.2) is 44.7 Å². The number of anilines is 1. The smallest absolute Gasteiger partial charge is 0.337 e. The van der Waals surface area contributed by atoms with E-state index in [-0.39, 0.29) is 34.2 Å². The van der Waals surface area contributed by atoms with Crippen molar-refractivity contribution in [1.29, 1.82) is 0 Å². The molecule has 1 amide bonds. The lowest BCUT2D eigenvalue weighted by Gasteiger charge is -2.13. The first kappa shape index (κ1) is 20.5. The van der Waals surface area contributed by atoms with Gasteiger partial charge in [-0.3, -0.25) is 14.9 Å². The molecule has 2 aromatic carbocycles. The van der Waals surface area contributed by atoms with Gasteiger partial charge in [-0.05, 0) is 24.3 Å². The van der Waals surface area contributed by atoms with Crippen molar-refractivity contribution in [3.8, 4) is 17.2 Å². The van der Waals surface area contributed by atoms with Crippen LogP contribution in [0.2, 0.25) is 0 Å². The molecule has 0 radical (unpaired) electrons. The summed E-state index contributed by atoms with van der Waals surface area (Å²) in [6.07, 6.45) is 0. The molecule has 28 heavy (non-hydrogen) atoms. The minimum atomic E-state index is -0.584. The maximum absolute atomic E-state index is 12.2. The Morgan fingerprint density at radius 1 is 1.00 bits per heavy atom. The zero-order valence-corrected chi connectivity index (χ0v) is 15.4. The molecule has 148 valence electrons. The number of esters is 1. The van der Waals surface area contributed by atoms with Crippen LogP contribution in [0.1, 0.15) is 10.4 Å². The van der Waals surface area contributed by atoms with E-state index in [2.05, 4.69) is 10.1 Å². The Kier molecular flexibility index (Phi) is 6.74. The number of ether oxygens (including phenoxy) is 4. The van der Waals surface area contributed by atoms with Crippen LogP contribution >= 0.6 is 0 Å². The van der Waals surface area contributed by atoms with E-state index in [1.165, 1.54) is 57.7 Å². The second-order valence-electron chi connectivity index (χ2n) is 5.34. The monoisotopic (exact) mass is 390 g/mol. The summed E-state index contributed by atoms with van der Waals surface area (Å²) in [4.78, 5) is 34.0. The summed E-state index contributed by atoms with van der Waals surface area (Å²) in [5.74, 6) is -0.378. The van der Waals surface area contributed by atoms with Crippen molar-refractivity contribution in [2.24, 2.45) is 0 Å². The third-order valence-electron chi connectivity index (χ3n) is 3.61. The summed E-state index contributed by atoms with van der Waals surface area (Å²) in [6, 6.07) is 8.17. The number of nitrogens with zero attached hydrogens (tertiary/aromatic N) is 1. The van der Waals surface area contributed by atoms with Crippen LogP contribution in [-0.2, 0) is 9.53 Å². The van der Waals surface area contributed by atoms with Crippen molar-refractivity contribution in [3.05, 3.63) is 52.1 Å². The van der Waals surface area contributed by atoms with Gasteiger partial charge in [-0.25, -0.2) is 4.79 Å². The molecule has 2 aromatic rings. The number of rotatable bonds is 8. The lowest BCUT2D eigenvalue weighted by Crippen LogP contribution is -2.20. The number of carbonyl (C=O) groups excluding carboxylic acids is 2. The molecule has 0 spiro atoms. The zero-order valence-electron chi connectivity index (χ0n) is 15.4. The summed E-state index contributed by atoms with van der Waals surface area (Å²) in [5, 5.41) is 13.4. The number of hydrogen-bond acceptors (Lipinski definition) is 8. The van der Waals surface area contributed by atoms with Crippen LogP contribution in [0, 0.1) is 10.1 Å². The fraction of sp³-hybridized carbons (Fsp3) is 0.222. The molecule has 10 nitrogen and oxygen atoms in total. The van der Waals surface area contributed by atoms with Crippen molar-refractivity contribution in [1.82, 2.24) is 0 Å². The highest BCUT2D eigenvalue weighted by molar-refractivity contribution is 5.94. The largest absolute Gasteiger partial charge is 0.495 e. The topological polar surface area (TPSA) is 126 Å². The second kappa shape index (κ2) is 9.21. The standard InChI is InChI=1S/C18H18N2O8/c1-25-14-7-5-12(20(23)24)9-13(14)19-17(21)10-28-15-6-4-11(18(22)27-3)8-16(15)26-2/h4-9H,10H2,1-3H3,(H,19,21). The minimum Gasteiger partial charge on any atom is -0.495 e. The van der Waals surface area contributed by atoms with Crippen molar-refractivity contribution >= 4 is 23.3 Å². The molecule has 2 rings (SSSR count). The highest BCUT2D eigenvalue weighted by Crippen LogP contribution is 2.30. The second-order valence-corrected chi connectivity index (χ2v) is 5.34. The van der Waals surface area contributed by atoms with Gasteiger partial charge in [0.25, 0.3) is 11.6 Å². The van der Waals surface area contributed by atoms with Crippen LogP contribution in [0.5, 0.6) is 17.2 Å². The number of amides is 1. The van der Waals surface area contributed by atoms with E-state index in [4.69, 9.17) is 14.2 Å². The fourth-order valence-electron chi connectivity index (χ4n) is 2.27. The Morgan fingerprint density at radius 2 is 1.68 bits per heavy atom. The van der Waals surface area contributed by atoms with Crippen LogP contribution in [0.3, 0.4) is 0 Å².